The summed E-state index contributed by atoms with van der Waals surface area (Å²) in [6.45, 7) is 7.85. The molecule has 1 heterocycles. The third-order valence-corrected chi connectivity index (χ3v) is 6.46. The van der Waals surface area contributed by atoms with Gasteiger partial charge >= 0.3 is 6.18 Å². The van der Waals surface area contributed by atoms with Crippen molar-refractivity contribution in [3.63, 3.8) is 0 Å². The quantitative estimate of drug-likeness (QED) is 0.271. The van der Waals surface area contributed by atoms with Gasteiger partial charge in [0.05, 0.1) is 41.8 Å². The van der Waals surface area contributed by atoms with Crippen LogP contribution in [0.3, 0.4) is 0 Å². The molecule has 0 radical (unpaired) electrons. The molecule has 0 unspecified atom stereocenters. The van der Waals surface area contributed by atoms with Crippen molar-refractivity contribution in [2.24, 2.45) is 0 Å². The normalized spacial score (nSPS) is 15.3. The first-order valence-electron chi connectivity index (χ1n) is 11.2. The molecule has 0 aliphatic carbocycles. The van der Waals surface area contributed by atoms with Gasteiger partial charge in [0.1, 0.15) is 17.0 Å². The number of carbonyl (C=O) groups is 1. The van der Waals surface area contributed by atoms with E-state index in [1.165, 1.54) is 6.07 Å². The van der Waals surface area contributed by atoms with Crippen molar-refractivity contribution in [1.82, 2.24) is 0 Å². The second-order valence-electron chi connectivity index (χ2n) is 8.37. The predicted molar refractivity (Wildman–Crippen MR) is 139 cm³/mol. The zero-order valence-electron chi connectivity index (χ0n) is 20.2. The van der Waals surface area contributed by atoms with Crippen molar-refractivity contribution >= 4 is 50.5 Å². The Balaban J connectivity index is 2.17. The van der Waals surface area contributed by atoms with Crippen LogP contribution in [0.1, 0.15) is 44.4 Å². The first kappa shape index (κ1) is 27.7. The highest BCUT2D eigenvalue weighted by atomic mass is 79.9. The molecule has 0 saturated carbocycles. The number of thiocarbonyl (C=S) groups is 1. The topological polar surface area (TPSA) is 65.8 Å². The minimum absolute atomic E-state index is 0.0000326. The van der Waals surface area contributed by atoms with E-state index in [0.29, 0.717) is 42.2 Å². The van der Waals surface area contributed by atoms with E-state index < -0.39 is 28.7 Å². The highest BCUT2D eigenvalue weighted by molar-refractivity contribution is 9.09. The maximum Gasteiger partial charge on any atom is 0.417 e. The van der Waals surface area contributed by atoms with Crippen molar-refractivity contribution in [3.8, 4) is 17.6 Å². The number of ether oxygens (including phenoxy) is 2. The molecule has 2 aromatic rings. The molecule has 0 N–H and O–H groups in total. The van der Waals surface area contributed by atoms with Gasteiger partial charge in [-0.25, -0.2) is 0 Å². The largest absolute Gasteiger partial charge is 0.492 e. The van der Waals surface area contributed by atoms with Crippen LogP contribution < -0.4 is 19.3 Å². The van der Waals surface area contributed by atoms with Gasteiger partial charge in [0.15, 0.2) is 5.11 Å². The molecule has 3 rings (SSSR count). The fourth-order valence-corrected chi connectivity index (χ4v) is 4.80. The third-order valence-electron chi connectivity index (χ3n) is 5.77. The molecule has 11 heteroatoms. The Hall–Kier alpha value is -2.84. The molecule has 1 fully saturated rings. The van der Waals surface area contributed by atoms with Gasteiger partial charge in [-0.1, -0.05) is 22.9 Å². The van der Waals surface area contributed by atoms with Crippen molar-refractivity contribution in [2.45, 2.75) is 45.8 Å². The van der Waals surface area contributed by atoms with E-state index in [0.717, 1.165) is 22.6 Å². The second kappa shape index (κ2) is 10.6. The molecule has 0 bridgehead atoms. The Kier molecular flexibility index (Phi) is 8.20. The maximum absolute atomic E-state index is 13.6. The van der Waals surface area contributed by atoms with Crippen molar-refractivity contribution < 1.29 is 27.4 Å². The Morgan fingerprint density at radius 2 is 1.86 bits per heavy atom. The first-order chi connectivity index (χ1) is 16.9. The molecule has 0 aromatic heterocycles. The SMILES string of the molecule is CCOc1c(N2C(=S)N(c3ccc(C#N)c(C(F)(F)F)c3)C(=O)C2(C)C)ccc(OCCBr)c1CC. The number of nitriles is 1. The van der Waals surface area contributed by atoms with Crippen LogP contribution in [0.2, 0.25) is 0 Å². The van der Waals surface area contributed by atoms with E-state index in [2.05, 4.69) is 15.9 Å². The van der Waals surface area contributed by atoms with E-state index >= 15 is 0 Å². The number of nitrogens with zero attached hydrogens (tertiary/aromatic N) is 3. The molecule has 36 heavy (non-hydrogen) atoms. The minimum atomic E-state index is -4.77. The molecule has 1 amide bonds. The second-order valence-corrected chi connectivity index (χ2v) is 9.53. The summed E-state index contributed by atoms with van der Waals surface area (Å²) in [5.41, 5.74) is -1.68. The number of amides is 1. The molecule has 6 nitrogen and oxygen atoms in total. The van der Waals surface area contributed by atoms with E-state index in [1.54, 1.807) is 36.9 Å². The van der Waals surface area contributed by atoms with Gasteiger partial charge in [0, 0.05) is 10.9 Å². The summed E-state index contributed by atoms with van der Waals surface area (Å²) in [6, 6.07) is 8.16. The number of benzene rings is 2. The summed E-state index contributed by atoms with van der Waals surface area (Å²) in [5.74, 6) is 0.621. The van der Waals surface area contributed by atoms with Crippen LogP contribution >= 0.6 is 28.1 Å². The van der Waals surface area contributed by atoms with Crippen molar-refractivity contribution in [1.29, 1.82) is 5.26 Å². The van der Waals surface area contributed by atoms with Crippen molar-refractivity contribution in [2.75, 3.05) is 28.3 Å². The van der Waals surface area contributed by atoms with E-state index in [-0.39, 0.29) is 10.8 Å². The molecule has 1 saturated heterocycles. The lowest BCUT2D eigenvalue weighted by Crippen LogP contribution is -2.44. The molecule has 1 aliphatic rings. The summed E-state index contributed by atoms with van der Waals surface area (Å²) in [5, 5.41) is 9.77. The highest BCUT2D eigenvalue weighted by Crippen LogP contribution is 2.45. The van der Waals surface area contributed by atoms with Crippen molar-refractivity contribution in [3.05, 3.63) is 47.0 Å². The molecule has 0 atom stereocenters. The third kappa shape index (κ3) is 4.89. The fourth-order valence-electron chi connectivity index (χ4n) is 4.13. The Bertz CT molecular complexity index is 1230. The molecule has 192 valence electrons. The van der Waals surface area contributed by atoms with E-state index in [9.17, 15) is 18.0 Å². The lowest BCUT2D eigenvalue weighted by Gasteiger charge is -2.32. The zero-order chi connectivity index (χ0) is 26.8. The van der Waals surface area contributed by atoms with Gasteiger partial charge in [0.2, 0.25) is 0 Å². The Morgan fingerprint density at radius 3 is 2.42 bits per heavy atom. The first-order valence-corrected chi connectivity index (χ1v) is 12.7. The average molecular weight is 584 g/mol. The van der Waals surface area contributed by atoms with E-state index in [1.807, 2.05) is 13.8 Å². The molecule has 0 spiro atoms. The lowest BCUT2D eigenvalue weighted by atomic mass is 10.0. The molecule has 2 aromatic carbocycles. The summed E-state index contributed by atoms with van der Waals surface area (Å²) < 4.78 is 52.7. The van der Waals surface area contributed by atoms with Crippen LogP contribution in [-0.2, 0) is 17.4 Å². The molecule has 1 aliphatic heterocycles. The van der Waals surface area contributed by atoms with Crippen LogP contribution in [0, 0.1) is 11.3 Å². The molecular formula is C25H25BrF3N3O3S. The van der Waals surface area contributed by atoms with Crippen LogP contribution in [0.5, 0.6) is 11.5 Å². The van der Waals surface area contributed by atoms with Gasteiger partial charge in [0.25, 0.3) is 5.91 Å². The van der Waals surface area contributed by atoms with Crippen LogP contribution in [0.4, 0.5) is 24.5 Å². The summed E-state index contributed by atoms with van der Waals surface area (Å²) in [7, 11) is 0. The summed E-state index contributed by atoms with van der Waals surface area (Å²) in [6.07, 6.45) is -4.20. The maximum atomic E-state index is 13.6. The highest BCUT2D eigenvalue weighted by Gasteiger charge is 2.51. The summed E-state index contributed by atoms with van der Waals surface area (Å²) in [4.78, 5) is 16.2. The number of halogens is 4. The van der Waals surface area contributed by atoms with Gasteiger partial charge in [-0.05, 0) is 69.7 Å². The number of carbonyl (C=O) groups excluding carboxylic acids is 1. The smallest absolute Gasteiger partial charge is 0.417 e. The molecular weight excluding hydrogens is 559 g/mol. The average Bonchev–Trinajstić information content (AvgIpc) is 3.00. The minimum Gasteiger partial charge on any atom is -0.492 e. The monoisotopic (exact) mass is 583 g/mol. The van der Waals surface area contributed by atoms with Gasteiger partial charge in [-0.15, -0.1) is 0 Å². The predicted octanol–water partition coefficient (Wildman–Crippen LogP) is 6.23. The van der Waals surface area contributed by atoms with Crippen LogP contribution in [0.25, 0.3) is 0 Å². The number of anilines is 2. The van der Waals surface area contributed by atoms with Gasteiger partial charge < -0.3 is 9.47 Å². The van der Waals surface area contributed by atoms with Gasteiger partial charge in [-0.2, -0.15) is 18.4 Å². The standard InChI is InChI=1S/C25H25BrF3N3O3S/c1-5-17-20(35-12-11-26)10-9-19(21(17)34-6-2)32-23(36)31(22(33)24(32,3)4)16-8-7-15(14-30)18(13-16)25(27,28)29/h7-10,13H,5-6,11-12H2,1-4H3. The van der Waals surface area contributed by atoms with Crippen LogP contribution in [0.15, 0.2) is 30.3 Å². The number of alkyl halides is 4. The van der Waals surface area contributed by atoms with E-state index in [4.69, 9.17) is 27.0 Å². The number of hydrogen-bond acceptors (Lipinski definition) is 5. The fraction of sp³-hybridized carbons (Fsp3) is 0.400. The lowest BCUT2D eigenvalue weighted by molar-refractivity contribution is -0.137. The number of hydrogen-bond donors (Lipinski definition) is 0. The Morgan fingerprint density at radius 1 is 1.17 bits per heavy atom. The Labute approximate surface area is 221 Å². The summed E-state index contributed by atoms with van der Waals surface area (Å²) >= 11 is 9.01. The van der Waals surface area contributed by atoms with Gasteiger partial charge in [-0.3, -0.25) is 14.6 Å². The zero-order valence-corrected chi connectivity index (χ0v) is 22.6. The number of rotatable bonds is 8. The van der Waals surface area contributed by atoms with Crippen LogP contribution in [-0.4, -0.2) is 35.1 Å².